The van der Waals surface area contributed by atoms with Crippen LogP contribution in [0.4, 0.5) is 16.2 Å². The summed E-state index contributed by atoms with van der Waals surface area (Å²) in [6.45, 7) is 8.82. The fraction of sp³-hybridized carbons (Fsp3) is 0.364. The van der Waals surface area contributed by atoms with Crippen molar-refractivity contribution in [3.8, 4) is 0 Å². The van der Waals surface area contributed by atoms with E-state index >= 15 is 0 Å². The molecule has 0 radical (unpaired) electrons. The Kier molecular flexibility index (Phi) is 6.19. The molecule has 1 fully saturated rings. The van der Waals surface area contributed by atoms with Gasteiger partial charge in [0.15, 0.2) is 0 Å². The molecule has 1 aliphatic heterocycles. The third kappa shape index (κ3) is 4.27. The normalized spacial score (nSPS) is 14.0. The third-order valence-electron chi connectivity index (χ3n) is 5.21. The first-order chi connectivity index (χ1) is 13.5. The molecule has 0 saturated carbocycles. The number of carbonyl (C=O) groups excluding carboxylic acids is 2. The van der Waals surface area contributed by atoms with E-state index in [0.29, 0.717) is 38.3 Å². The van der Waals surface area contributed by atoms with Crippen molar-refractivity contribution in [2.24, 2.45) is 0 Å². The van der Waals surface area contributed by atoms with Gasteiger partial charge in [0.2, 0.25) is 0 Å². The molecule has 6 nitrogen and oxygen atoms in total. The summed E-state index contributed by atoms with van der Waals surface area (Å²) >= 11 is 0. The maximum absolute atomic E-state index is 13.1. The monoisotopic (exact) mass is 380 g/mol. The van der Waals surface area contributed by atoms with Crippen LogP contribution in [0.15, 0.2) is 42.5 Å². The molecule has 1 aliphatic rings. The number of amides is 3. The molecule has 0 bridgehead atoms. The summed E-state index contributed by atoms with van der Waals surface area (Å²) in [7, 11) is 0. The van der Waals surface area contributed by atoms with Gasteiger partial charge in [0.1, 0.15) is 0 Å². The molecule has 0 aliphatic carbocycles. The molecule has 1 saturated heterocycles. The van der Waals surface area contributed by atoms with Crippen molar-refractivity contribution in [2.75, 3.05) is 38.0 Å². The lowest BCUT2D eigenvalue weighted by Gasteiger charge is -2.35. The van der Waals surface area contributed by atoms with Gasteiger partial charge in [-0.15, -0.1) is 0 Å². The minimum Gasteiger partial charge on any atom is -0.355 e. The lowest BCUT2D eigenvalue weighted by molar-refractivity contribution is 0.0666. The molecule has 3 rings (SSSR count). The smallest absolute Gasteiger partial charge is 0.317 e. The van der Waals surface area contributed by atoms with Crippen LogP contribution in [0.5, 0.6) is 0 Å². The predicted molar refractivity (Wildman–Crippen MR) is 112 cm³/mol. The Morgan fingerprint density at radius 1 is 0.893 bits per heavy atom. The van der Waals surface area contributed by atoms with Crippen LogP contribution in [0.1, 0.15) is 28.4 Å². The maximum atomic E-state index is 13.1. The summed E-state index contributed by atoms with van der Waals surface area (Å²) in [6, 6.07) is 13.6. The van der Waals surface area contributed by atoms with Crippen LogP contribution in [0.25, 0.3) is 0 Å². The van der Waals surface area contributed by atoms with E-state index in [1.807, 2.05) is 48.2 Å². The molecule has 2 aromatic carbocycles. The highest BCUT2D eigenvalue weighted by molar-refractivity contribution is 6.00. The number of aryl methyl sites for hydroxylation is 1. The zero-order valence-corrected chi connectivity index (χ0v) is 16.8. The van der Waals surface area contributed by atoms with E-state index in [1.54, 1.807) is 4.90 Å². The molecule has 0 unspecified atom stereocenters. The molecule has 6 heteroatoms. The summed E-state index contributed by atoms with van der Waals surface area (Å²) in [5.41, 5.74) is 4.82. The van der Waals surface area contributed by atoms with Gasteiger partial charge >= 0.3 is 6.03 Å². The van der Waals surface area contributed by atoms with Crippen LogP contribution in [0.2, 0.25) is 0 Å². The van der Waals surface area contributed by atoms with E-state index in [4.69, 9.17) is 0 Å². The Balaban J connectivity index is 1.73. The number of rotatable bonds is 4. The number of benzene rings is 2. The number of para-hydroxylation sites is 1. The highest BCUT2D eigenvalue weighted by Crippen LogP contribution is 2.26. The minimum atomic E-state index is -0.0633. The summed E-state index contributed by atoms with van der Waals surface area (Å²) in [5.74, 6) is -0.0102. The van der Waals surface area contributed by atoms with E-state index in [0.717, 1.165) is 11.4 Å². The average molecular weight is 380 g/mol. The molecular weight excluding hydrogens is 352 g/mol. The third-order valence-corrected chi connectivity index (χ3v) is 5.21. The largest absolute Gasteiger partial charge is 0.355 e. The van der Waals surface area contributed by atoms with Crippen molar-refractivity contribution >= 4 is 23.3 Å². The molecule has 0 atom stereocenters. The second kappa shape index (κ2) is 8.78. The van der Waals surface area contributed by atoms with Gasteiger partial charge in [-0.3, -0.25) is 4.79 Å². The van der Waals surface area contributed by atoms with Crippen molar-refractivity contribution in [2.45, 2.75) is 20.8 Å². The molecule has 3 amide bonds. The SMILES string of the molecule is CCNC(=O)N1CCN(C(=O)c2ccccc2Nc2cccc(C)c2C)CC1. The molecule has 2 aromatic rings. The lowest BCUT2D eigenvalue weighted by Crippen LogP contribution is -2.53. The number of nitrogens with one attached hydrogen (secondary N) is 2. The topological polar surface area (TPSA) is 64.7 Å². The van der Waals surface area contributed by atoms with Crippen LogP contribution < -0.4 is 10.6 Å². The molecular formula is C22H28N4O2. The van der Waals surface area contributed by atoms with Crippen LogP contribution in [0.3, 0.4) is 0 Å². The first-order valence-corrected chi connectivity index (χ1v) is 9.75. The van der Waals surface area contributed by atoms with E-state index in [-0.39, 0.29) is 11.9 Å². The summed E-state index contributed by atoms with van der Waals surface area (Å²) in [4.78, 5) is 28.7. The molecule has 1 heterocycles. The van der Waals surface area contributed by atoms with Crippen molar-refractivity contribution in [3.05, 3.63) is 59.2 Å². The predicted octanol–water partition coefficient (Wildman–Crippen LogP) is 3.53. The van der Waals surface area contributed by atoms with Crippen LogP contribution in [-0.2, 0) is 0 Å². The second-order valence-electron chi connectivity index (χ2n) is 7.03. The molecule has 148 valence electrons. The molecule has 0 spiro atoms. The number of nitrogens with zero attached hydrogens (tertiary/aromatic N) is 2. The van der Waals surface area contributed by atoms with E-state index in [2.05, 4.69) is 30.5 Å². The minimum absolute atomic E-state index is 0.0102. The van der Waals surface area contributed by atoms with Gasteiger partial charge < -0.3 is 20.4 Å². The van der Waals surface area contributed by atoms with Gasteiger partial charge in [-0.1, -0.05) is 24.3 Å². The van der Waals surface area contributed by atoms with Crippen molar-refractivity contribution in [1.29, 1.82) is 0 Å². The van der Waals surface area contributed by atoms with Crippen molar-refractivity contribution in [3.63, 3.8) is 0 Å². The average Bonchev–Trinajstić information content (AvgIpc) is 2.71. The van der Waals surface area contributed by atoms with E-state index in [1.165, 1.54) is 11.1 Å². The maximum Gasteiger partial charge on any atom is 0.317 e. The number of carbonyl (C=O) groups is 2. The van der Waals surface area contributed by atoms with Crippen molar-refractivity contribution in [1.82, 2.24) is 15.1 Å². The first kappa shape index (κ1) is 19.7. The quantitative estimate of drug-likeness (QED) is 0.853. The van der Waals surface area contributed by atoms with E-state index < -0.39 is 0 Å². The van der Waals surface area contributed by atoms with Crippen LogP contribution in [0, 0.1) is 13.8 Å². The Bertz CT molecular complexity index is 857. The molecule has 0 aromatic heterocycles. The summed E-state index contributed by atoms with van der Waals surface area (Å²) in [6.07, 6.45) is 0. The fourth-order valence-electron chi connectivity index (χ4n) is 3.36. The van der Waals surface area contributed by atoms with Crippen molar-refractivity contribution < 1.29 is 9.59 Å². The molecule has 28 heavy (non-hydrogen) atoms. The number of anilines is 2. The second-order valence-corrected chi connectivity index (χ2v) is 7.03. The van der Waals surface area contributed by atoms with Gasteiger partial charge in [0.25, 0.3) is 5.91 Å². The first-order valence-electron chi connectivity index (χ1n) is 9.75. The summed E-state index contributed by atoms with van der Waals surface area (Å²) < 4.78 is 0. The van der Waals surface area contributed by atoms with Crippen LogP contribution in [-0.4, -0.2) is 54.5 Å². The van der Waals surface area contributed by atoms with Gasteiger partial charge in [0.05, 0.1) is 11.3 Å². The Morgan fingerprint density at radius 3 is 2.25 bits per heavy atom. The zero-order valence-electron chi connectivity index (χ0n) is 16.8. The Hall–Kier alpha value is -3.02. The number of urea groups is 1. The van der Waals surface area contributed by atoms with Gasteiger partial charge in [0, 0.05) is 38.4 Å². The van der Waals surface area contributed by atoms with Gasteiger partial charge in [-0.05, 0) is 50.1 Å². The fourth-order valence-corrected chi connectivity index (χ4v) is 3.36. The highest BCUT2D eigenvalue weighted by Gasteiger charge is 2.25. The number of hydrogen-bond donors (Lipinski definition) is 2. The lowest BCUT2D eigenvalue weighted by atomic mass is 10.1. The zero-order chi connectivity index (χ0) is 20.1. The van der Waals surface area contributed by atoms with Crippen LogP contribution >= 0.6 is 0 Å². The van der Waals surface area contributed by atoms with Gasteiger partial charge in [-0.2, -0.15) is 0 Å². The number of piperazine rings is 1. The standard InChI is InChI=1S/C22H28N4O2/c1-4-23-22(28)26-14-12-25(13-15-26)21(27)18-9-5-6-10-20(18)24-19-11-7-8-16(2)17(19)3/h5-11,24H,4,12-15H2,1-3H3,(H,23,28). The number of hydrogen-bond acceptors (Lipinski definition) is 3. The molecule has 2 N–H and O–H groups in total. The highest BCUT2D eigenvalue weighted by atomic mass is 16.2. The Morgan fingerprint density at radius 2 is 1.54 bits per heavy atom. The summed E-state index contributed by atoms with van der Waals surface area (Å²) in [5, 5.41) is 6.23. The van der Waals surface area contributed by atoms with E-state index in [9.17, 15) is 9.59 Å². The Labute approximate surface area is 166 Å². The van der Waals surface area contributed by atoms with Gasteiger partial charge in [-0.25, -0.2) is 4.79 Å².